The van der Waals surface area contributed by atoms with Crippen molar-refractivity contribution < 1.29 is 4.79 Å². The van der Waals surface area contributed by atoms with E-state index in [-0.39, 0.29) is 5.91 Å². The summed E-state index contributed by atoms with van der Waals surface area (Å²) in [6, 6.07) is 3.20. The topological polar surface area (TPSA) is 68.0 Å². The van der Waals surface area contributed by atoms with Crippen molar-refractivity contribution in [3.8, 4) is 0 Å². The van der Waals surface area contributed by atoms with E-state index in [1.807, 2.05) is 6.07 Å². The van der Waals surface area contributed by atoms with Gasteiger partial charge >= 0.3 is 0 Å². The number of rotatable bonds is 4. The van der Waals surface area contributed by atoms with Gasteiger partial charge in [-0.25, -0.2) is 0 Å². The third-order valence-corrected chi connectivity index (χ3v) is 3.58. The molecule has 2 rings (SSSR count). The molecular formula is C14H21N3O. The van der Waals surface area contributed by atoms with Gasteiger partial charge in [-0.2, -0.15) is 0 Å². The summed E-state index contributed by atoms with van der Waals surface area (Å²) < 4.78 is 0. The summed E-state index contributed by atoms with van der Waals surface area (Å²) in [7, 11) is 0. The lowest BCUT2D eigenvalue weighted by Crippen LogP contribution is -2.37. The fraction of sp³-hybridized carbons (Fsp3) is 0.571. The standard InChI is InChI=1S/C14H21N3O/c15-13(9-11-5-2-1-3-6-11)14(18)17-12-7-4-8-16-10-12/h4,7-8,10-11,13H,1-3,5-6,9,15H2,(H,17,18). The normalized spacial score (nSPS) is 18.3. The van der Waals surface area contributed by atoms with E-state index in [1.165, 1.54) is 32.1 Å². The van der Waals surface area contributed by atoms with Gasteiger partial charge < -0.3 is 11.1 Å². The van der Waals surface area contributed by atoms with E-state index in [1.54, 1.807) is 18.5 Å². The SMILES string of the molecule is NC(CC1CCCCC1)C(=O)Nc1cccnc1. The summed E-state index contributed by atoms with van der Waals surface area (Å²) in [5.41, 5.74) is 6.67. The van der Waals surface area contributed by atoms with E-state index >= 15 is 0 Å². The zero-order valence-corrected chi connectivity index (χ0v) is 10.6. The van der Waals surface area contributed by atoms with Gasteiger partial charge in [-0.3, -0.25) is 9.78 Å². The van der Waals surface area contributed by atoms with E-state index < -0.39 is 6.04 Å². The monoisotopic (exact) mass is 247 g/mol. The summed E-state index contributed by atoms with van der Waals surface area (Å²) in [4.78, 5) is 15.9. The first kappa shape index (κ1) is 13.0. The molecule has 1 saturated carbocycles. The van der Waals surface area contributed by atoms with Gasteiger partial charge in [0.1, 0.15) is 0 Å². The van der Waals surface area contributed by atoms with Crippen molar-refractivity contribution in [3.05, 3.63) is 24.5 Å². The highest BCUT2D eigenvalue weighted by atomic mass is 16.2. The Kier molecular flexibility index (Phi) is 4.70. The molecule has 1 aliphatic carbocycles. The van der Waals surface area contributed by atoms with Crippen molar-refractivity contribution >= 4 is 11.6 Å². The van der Waals surface area contributed by atoms with Crippen LogP contribution in [0.1, 0.15) is 38.5 Å². The minimum absolute atomic E-state index is 0.103. The summed E-state index contributed by atoms with van der Waals surface area (Å²) in [6.45, 7) is 0. The van der Waals surface area contributed by atoms with Gasteiger partial charge in [0.05, 0.1) is 17.9 Å². The highest BCUT2D eigenvalue weighted by molar-refractivity contribution is 5.94. The molecule has 1 unspecified atom stereocenters. The number of carbonyl (C=O) groups excluding carboxylic acids is 1. The van der Waals surface area contributed by atoms with Gasteiger partial charge in [0.25, 0.3) is 0 Å². The molecule has 0 saturated heterocycles. The Bertz CT molecular complexity index is 374. The van der Waals surface area contributed by atoms with Crippen molar-refractivity contribution in [1.29, 1.82) is 0 Å². The second kappa shape index (κ2) is 6.50. The van der Waals surface area contributed by atoms with Gasteiger partial charge in [-0.15, -0.1) is 0 Å². The molecule has 4 nitrogen and oxygen atoms in total. The maximum absolute atomic E-state index is 11.9. The largest absolute Gasteiger partial charge is 0.323 e. The number of aromatic nitrogens is 1. The maximum atomic E-state index is 11.9. The summed E-state index contributed by atoms with van der Waals surface area (Å²) in [5, 5.41) is 2.80. The van der Waals surface area contributed by atoms with Crippen LogP contribution in [0.2, 0.25) is 0 Å². The van der Waals surface area contributed by atoms with Crippen LogP contribution in [0.15, 0.2) is 24.5 Å². The first-order chi connectivity index (χ1) is 8.75. The van der Waals surface area contributed by atoms with Crippen molar-refractivity contribution in [2.45, 2.75) is 44.6 Å². The first-order valence-corrected chi connectivity index (χ1v) is 6.72. The molecule has 0 radical (unpaired) electrons. The van der Waals surface area contributed by atoms with Crippen LogP contribution in [0.4, 0.5) is 5.69 Å². The molecule has 1 aromatic heterocycles. The molecule has 0 spiro atoms. The predicted molar refractivity (Wildman–Crippen MR) is 72.0 cm³/mol. The van der Waals surface area contributed by atoms with E-state index in [0.717, 1.165) is 6.42 Å². The van der Waals surface area contributed by atoms with Gasteiger partial charge in [0, 0.05) is 6.20 Å². The zero-order valence-electron chi connectivity index (χ0n) is 10.6. The highest BCUT2D eigenvalue weighted by Gasteiger charge is 2.21. The summed E-state index contributed by atoms with van der Waals surface area (Å²) in [5.74, 6) is 0.516. The molecule has 0 aromatic carbocycles. The molecule has 18 heavy (non-hydrogen) atoms. The number of nitrogens with one attached hydrogen (secondary N) is 1. The lowest BCUT2D eigenvalue weighted by Gasteiger charge is -2.24. The van der Waals surface area contributed by atoms with Gasteiger partial charge in [0.2, 0.25) is 5.91 Å². The fourth-order valence-corrected chi connectivity index (χ4v) is 2.56. The molecule has 1 heterocycles. The number of amides is 1. The van der Waals surface area contributed by atoms with Crippen LogP contribution >= 0.6 is 0 Å². The van der Waals surface area contributed by atoms with Crippen LogP contribution in [-0.2, 0) is 4.79 Å². The molecule has 98 valence electrons. The fourth-order valence-electron chi connectivity index (χ4n) is 2.56. The third kappa shape index (κ3) is 3.81. The van der Waals surface area contributed by atoms with Gasteiger partial charge in [-0.1, -0.05) is 32.1 Å². The van der Waals surface area contributed by atoms with E-state index in [0.29, 0.717) is 11.6 Å². The average molecular weight is 247 g/mol. The smallest absolute Gasteiger partial charge is 0.241 e. The van der Waals surface area contributed by atoms with Crippen LogP contribution in [0.5, 0.6) is 0 Å². The van der Waals surface area contributed by atoms with Crippen LogP contribution in [0.25, 0.3) is 0 Å². The Hall–Kier alpha value is -1.42. The highest BCUT2D eigenvalue weighted by Crippen LogP contribution is 2.27. The number of carbonyl (C=O) groups is 1. The van der Waals surface area contributed by atoms with Crippen LogP contribution in [0.3, 0.4) is 0 Å². The lowest BCUT2D eigenvalue weighted by atomic mass is 9.85. The second-order valence-electron chi connectivity index (χ2n) is 5.08. The molecule has 1 aliphatic rings. The van der Waals surface area contributed by atoms with Crippen LogP contribution in [-0.4, -0.2) is 16.9 Å². The zero-order chi connectivity index (χ0) is 12.8. The van der Waals surface area contributed by atoms with Crippen molar-refractivity contribution in [2.75, 3.05) is 5.32 Å². The third-order valence-electron chi connectivity index (χ3n) is 3.58. The van der Waals surface area contributed by atoms with Crippen molar-refractivity contribution in [2.24, 2.45) is 11.7 Å². The quantitative estimate of drug-likeness (QED) is 0.858. The Morgan fingerprint density at radius 1 is 1.44 bits per heavy atom. The van der Waals surface area contributed by atoms with Gasteiger partial charge in [-0.05, 0) is 24.5 Å². The second-order valence-corrected chi connectivity index (χ2v) is 5.08. The average Bonchev–Trinajstić information content (AvgIpc) is 2.41. The van der Waals surface area contributed by atoms with Gasteiger partial charge in [0.15, 0.2) is 0 Å². The van der Waals surface area contributed by atoms with Crippen LogP contribution < -0.4 is 11.1 Å². The molecule has 1 aromatic rings. The van der Waals surface area contributed by atoms with E-state index in [9.17, 15) is 4.79 Å². The minimum Gasteiger partial charge on any atom is -0.323 e. The van der Waals surface area contributed by atoms with Crippen molar-refractivity contribution in [1.82, 2.24) is 4.98 Å². The van der Waals surface area contributed by atoms with E-state index in [4.69, 9.17) is 5.73 Å². The Labute approximate surface area is 108 Å². The summed E-state index contributed by atoms with van der Waals surface area (Å²) >= 11 is 0. The number of hydrogen-bond donors (Lipinski definition) is 2. The predicted octanol–water partition coefficient (Wildman–Crippen LogP) is 2.32. The van der Waals surface area contributed by atoms with Crippen LogP contribution in [0, 0.1) is 5.92 Å². The van der Waals surface area contributed by atoms with E-state index in [2.05, 4.69) is 10.3 Å². The lowest BCUT2D eigenvalue weighted by molar-refractivity contribution is -0.117. The number of pyridine rings is 1. The molecule has 0 bridgehead atoms. The number of nitrogens with zero attached hydrogens (tertiary/aromatic N) is 1. The molecule has 4 heteroatoms. The molecular weight excluding hydrogens is 226 g/mol. The molecule has 1 amide bonds. The maximum Gasteiger partial charge on any atom is 0.241 e. The minimum atomic E-state index is -0.409. The number of anilines is 1. The Morgan fingerprint density at radius 2 is 2.22 bits per heavy atom. The Morgan fingerprint density at radius 3 is 2.89 bits per heavy atom. The molecule has 1 fully saturated rings. The molecule has 1 atom stereocenters. The summed E-state index contributed by atoms with van der Waals surface area (Å²) in [6.07, 6.45) is 10.4. The Balaban J connectivity index is 1.81. The molecule has 0 aliphatic heterocycles. The number of hydrogen-bond acceptors (Lipinski definition) is 3. The molecule has 3 N–H and O–H groups in total. The van der Waals surface area contributed by atoms with Crippen molar-refractivity contribution in [3.63, 3.8) is 0 Å². The first-order valence-electron chi connectivity index (χ1n) is 6.72. The number of nitrogens with two attached hydrogens (primary N) is 1.